The smallest absolute Gasteiger partial charge is 0.145 e. The fourth-order valence-electron chi connectivity index (χ4n) is 6.79. The molecule has 0 aromatic heterocycles. The summed E-state index contributed by atoms with van der Waals surface area (Å²) in [5.74, 6) is 0.752. The van der Waals surface area contributed by atoms with Crippen LogP contribution in [0.15, 0.2) is 206 Å². The molecular weight excluding hydrogens is 739 g/mol. The molecule has 3 nitrogen and oxygen atoms in total. The van der Waals surface area contributed by atoms with E-state index in [2.05, 4.69) is 180 Å². The Hall–Kier alpha value is -5.01. The zero-order valence-electron chi connectivity index (χ0n) is 28.2. The highest BCUT2D eigenvalue weighted by atomic mass is 127. The first-order valence-electron chi connectivity index (χ1n) is 17.2. The van der Waals surface area contributed by atoms with E-state index in [0.717, 1.165) is 42.7 Å². The number of hydrogen-bond acceptors (Lipinski definition) is 3. The van der Waals surface area contributed by atoms with Gasteiger partial charge in [0, 0.05) is 3.57 Å². The normalized spacial score (nSPS) is 11.7. The van der Waals surface area contributed by atoms with Gasteiger partial charge in [-0.05, 0) is 80.2 Å². The molecule has 0 amide bonds. The second-order valence-corrected chi connectivity index (χ2v) is 13.6. The molecule has 0 bridgehead atoms. The quantitative estimate of drug-likeness (QED) is 0.0813. The molecule has 7 aromatic rings. The lowest BCUT2D eigenvalue weighted by atomic mass is 9.80. The van der Waals surface area contributed by atoms with E-state index >= 15 is 0 Å². The third kappa shape index (κ3) is 7.54. The number of hydrogen-bond donors (Lipinski definition) is 0. The van der Waals surface area contributed by atoms with Crippen molar-refractivity contribution in [2.45, 2.75) is 17.3 Å². The molecule has 0 aliphatic rings. The minimum atomic E-state index is -0.910. The number of ether oxygens (including phenoxy) is 3. The summed E-state index contributed by atoms with van der Waals surface area (Å²) in [4.78, 5) is 0. The Kier molecular flexibility index (Phi) is 11.0. The van der Waals surface area contributed by atoms with E-state index < -0.39 is 17.3 Å². The van der Waals surface area contributed by atoms with Crippen LogP contribution in [0.3, 0.4) is 0 Å². The third-order valence-corrected chi connectivity index (χ3v) is 9.89. The summed E-state index contributed by atoms with van der Waals surface area (Å²) in [6.45, 7) is 0.470. The molecular formula is C47H39IO3. The molecule has 0 saturated carbocycles. The fourth-order valence-corrected chi connectivity index (χ4v) is 7.15. The maximum absolute atomic E-state index is 7.32. The zero-order chi connectivity index (χ0) is 34.8. The van der Waals surface area contributed by atoms with Gasteiger partial charge in [-0.25, -0.2) is 0 Å². The molecule has 0 atom stereocenters. The highest BCUT2D eigenvalue weighted by molar-refractivity contribution is 14.1. The molecule has 0 unspecified atom stereocenters. The summed E-state index contributed by atoms with van der Waals surface area (Å²) in [6, 6.07) is 70.8. The summed E-state index contributed by atoms with van der Waals surface area (Å²) in [5, 5.41) is 0. The van der Waals surface area contributed by atoms with Gasteiger partial charge in [-0.3, -0.25) is 0 Å². The molecule has 7 aromatic carbocycles. The first-order chi connectivity index (χ1) is 25.2. The van der Waals surface area contributed by atoms with Gasteiger partial charge in [0.15, 0.2) is 0 Å². The van der Waals surface area contributed by atoms with Crippen molar-refractivity contribution in [3.8, 4) is 5.75 Å². The Morgan fingerprint density at radius 1 is 0.353 bits per heavy atom. The van der Waals surface area contributed by atoms with Crippen molar-refractivity contribution in [3.05, 3.63) is 243 Å². The Labute approximate surface area is 314 Å². The molecule has 4 heteroatoms. The van der Waals surface area contributed by atoms with E-state index in [1.54, 1.807) is 0 Å². The van der Waals surface area contributed by atoms with E-state index in [-0.39, 0.29) is 13.2 Å². The van der Waals surface area contributed by atoms with E-state index in [9.17, 15) is 0 Å². The predicted octanol–water partition coefficient (Wildman–Crippen LogP) is 11.1. The SMILES string of the molecule is Ic1ccc(OC(COC(c2ccccc2)(c2ccccc2)c2ccccc2)COC(c2ccccc2)(c2ccccc2)c2ccccc2)cc1. The van der Waals surface area contributed by atoms with Crippen LogP contribution in [0.4, 0.5) is 0 Å². The Bertz CT molecular complexity index is 1730. The van der Waals surface area contributed by atoms with Crippen molar-refractivity contribution >= 4 is 22.6 Å². The Morgan fingerprint density at radius 3 is 0.863 bits per heavy atom. The fraction of sp³-hybridized carbons (Fsp3) is 0.106. The molecule has 0 spiro atoms. The van der Waals surface area contributed by atoms with Crippen LogP contribution in [-0.2, 0) is 20.7 Å². The van der Waals surface area contributed by atoms with Crippen molar-refractivity contribution in [2.75, 3.05) is 13.2 Å². The van der Waals surface area contributed by atoms with Crippen molar-refractivity contribution in [3.63, 3.8) is 0 Å². The van der Waals surface area contributed by atoms with Crippen LogP contribution in [0.25, 0.3) is 0 Å². The maximum atomic E-state index is 7.32. The average molecular weight is 779 g/mol. The van der Waals surface area contributed by atoms with Crippen LogP contribution >= 0.6 is 22.6 Å². The van der Waals surface area contributed by atoms with Crippen LogP contribution in [0.2, 0.25) is 0 Å². The van der Waals surface area contributed by atoms with Gasteiger partial charge in [-0.2, -0.15) is 0 Å². The van der Waals surface area contributed by atoms with Crippen LogP contribution in [0, 0.1) is 3.57 Å². The minimum Gasteiger partial charge on any atom is -0.486 e. The summed E-state index contributed by atoms with van der Waals surface area (Å²) >= 11 is 2.32. The molecule has 0 N–H and O–H groups in total. The molecule has 0 aliphatic heterocycles. The molecule has 51 heavy (non-hydrogen) atoms. The van der Waals surface area contributed by atoms with Crippen molar-refractivity contribution in [1.82, 2.24) is 0 Å². The highest BCUT2D eigenvalue weighted by Crippen LogP contribution is 2.43. The average Bonchev–Trinajstić information content (AvgIpc) is 3.21. The van der Waals surface area contributed by atoms with Crippen LogP contribution in [0.5, 0.6) is 5.75 Å². The topological polar surface area (TPSA) is 27.7 Å². The minimum absolute atomic E-state index is 0.235. The molecule has 0 heterocycles. The highest BCUT2D eigenvalue weighted by Gasteiger charge is 2.41. The number of rotatable bonds is 14. The molecule has 0 saturated heterocycles. The molecule has 0 fully saturated rings. The summed E-state index contributed by atoms with van der Waals surface area (Å²) in [6.07, 6.45) is -0.490. The predicted molar refractivity (Wildman–Crippen MR) is 214 cm³/mol. The summed E-state index contributed by atoms with van der Waals surface area (Å²) in [7, 11) is 0. The van der Waals surface area contributed by atoms with Crippen LogP contribution in [-0.4, -0.2) is 19.3 Å². The second-order valence-electron chi connectivity index (χ2n) is 12.4. The van der Waals surface area contributed by atoms with Gasteiger partial charge in [0.1, 0.15) is 23.1 Å². The standard InChI is InChI=1S/C47H39IO3/c48-43-31-33-44(34-32-43)51-45(35-49-46(37-19-7-1-8-20-37,38-21-9-2-10-22-38)39-23-11-3-12-24-39)36-50-47(40-25-13-4-14-26-40,41-27-15-5-16-28-41)42-29-17-6-18-30-42/h1-34,45H,35-36H2. The van der Waals surface area contributed by atoms with E-state index in [1.807, 2.05) is 48.5 Å². The molecule has 0 radical (unpaired) electrons. The lowest BCUT2D eigenvalue weighted by Crippen LogP contribution is -2.41. The summed E-state index contributed by atoms with van der Waals surface area (Å²) in [5.41, 5.74) is 4.37. The molecule has 252 valence electrons. The zero-order valence-corrected chi connectivity index (χ0v) is 30.4. The Morgan fingerprint density at radius 2 is 0.608 bits per heavy atom. The van der Waals surface area contributed by atoms with Gasteiger partial charge < -0.3 is 14.2 Å². The molecule has 7 rings (SSSR count). The second kappa shape index (κ2) is 16.3. The first-order valence-corrected chi connectivity index (χ1v) is 18.3. The van der Waals surface area contributed by atoms with Crippen LogP contribution in [0.1, 0.15) is 33.4 Å². The van der Waals surface area contributed by atoms with Crippen molar-refractivity contribution in [2.24, 2.45) is 0 Å². The lowest BCUT2D eigenvalue weighted by molar-refractivity contribution is -0.0802. The van der Waals surface area contributed by atoms with Gasteiger partial charge in [-0.15, -0.1) is 0 Å². The first kappa shape index (κ1) is 34.4. The van der Waals surface area contributed by atoms with E-state index in [0.29, 0.717) is 0 Å². The monoisotopic (exact) mass is 778 g/mol. The van der Waals surface area contributed by atoms with Gasteiger partial charge in [0.2, 0.25) is 0 Å². The maximum Gasteiger partial charge on any atom is 0.145 e. The third-order valence-electron chi connectivity index (χ3n) is 9.17. The van der Waals surface area contributed by atoms with Gasteiger partial charge in [-0.1, -0.05) is 182 Å². The van der Waals surface area contributed by atoms with Gasteiger partial charge >= 0.3 is 0 Å². The van der Waals surface area contributed by atoms with E-state index in [4.69, 9.17) is 14.2 Å². The lowest BCUT2D eigenvalue weighted by Gasteiger charge is -2.39. The van der Waals surface area contributed by atoms with Crippen LogP contribution < -0.4 is 4.74 Å². The number of benzene rings is 7. The number of halogens is 1. The van der Waals surface area contributed by atoms with E-state index in [1.165, 1.54) is 0 Å². The van der Waals surface area contributed by atoms with Crippen molar-refractivity contribution < 1.29 is 14.2 Å². The molecule has 0 aliphatic carbocycles. The van der Waals surface area contributed by atoms with Gasteiger partial charge in [0.25, 0.3) is 0 Å². The van der Waals surface area contributed by atoms with Gasteiger partial charge in [0.05, 0.1) is 13.2 Å². The summed E-state index contributed by atoms with van der Waals surface area (Å²) < 4.78 is 22.6. The van der Waals surface area contributed by atoms with Crippen molar-refractivity contribution in [1.29, 1.82) is 0 Å². The Balaban J connectivity index is 1.33. The largest absolute Gasteiger partial charge is 0.486 e.